The lowest BCUT2D eigenvalue weighted by Crippen LogP contribution is -2.42. The topological polar surface area (TPSA) is 110 Å². The molecule has 9 heteroatoms. The van der Waals surface area contributed by atoms with Crippen LogP contribution < -0.4 is 9.47 Å². The first kappa shape index (κ1) is 22.9. The molecule has 0 saturated heterocycles. The molecule has 0 N–H and O–H groups in total. The third-order valence-corrected chi connectivity index (χ3v) is 4.80. The van der Waals surface area contributed by atoms with Gasteiger partial charge in [-0.05, 0) is 32.0 Å². The number of carbonyl (C=O) groups is 3. The Labute approximate surface area is 174 Å². The fourth-order valence-corrected chi connectivity index (χ4v) is 3.33. The van der Waals surface area contributed by atoms with Gasteiger partial charge in [0.1, 0.15) is 29.9 Å². The molecule has 1 unspecified atom stereocenters. The highest BCUT2D eigenvalue weighted by atomic mass is 16.5. The molecule has 1 aromatic rings. The molecule has 1 heterocycles. The monoisotopic (exact) mass is 419 g/mol. The van der Waals surface area contributed by atoms with Gasteiger partial charge in [-0.15, -0.1) is 0 Å². The summed E-state index contributed by atoms with van der Waals surface area (Å²) in [6.45, 7) is 2.99. The third kappa shape index (κ3) is 4.61. The van der Waals surface area contributed by atoms with Gasteiger partial charge in [0.15, 0.2) is 0 Å². The van der Waals surface area contributed by atoms with Crippen molar-refractivity contribution in [2.24, 2.45) is 16.8 Å². The highest BCUT2D eigenvalue weighted by Gasteiger charge is 2.46. The van der Waals surface area contributed by atoms with Gasteiger partial charge in [0.05, 0.1) is 34.0 Å². The van der Waals surface area contributed by atoms with Crippen LogP contribution >= 0.6 is 0 Å². The van der Waals surface area contributed by atoms with E-state index in [9.17, 15) is 14.4 Å². The van der Waals surface area contributed by atoms with Gasteiger partial charge in [0.2, 0.25) is 0 Å². The Morgan fingerprint density at radius 2 is 1.63 bits per heavy atom. The first-order chi connectivity index (χ1) is 14.3. The van der Waals surface area contributed by atoms with E-state index in [4.69, 9.17) is 23.7 Å². The molecule has 1 aromatic carbocycles. The maximum Gasteiger partial charge on any atom is 0.336 e. The van der Waals surface area contributed by atoms with Crippen molar-refractivity contribution in [1.29, 1.82) is 0 Å². The average molecular weight is 419 g/mol. The number of ether oxygens (including phenoxy) is 5. The highest BCUT2D eigenvalue weighted by Crippen LogP contribution is 2.34. The zero-order valence-corrected chi connectivity index (χ0v) is 17.8. The lowest BCUT2D eigenvalue weighted by molar-refractivity contribution is -0.157. The Hall–Kier alpha value is -3.36. The van der Waals surface area contributed by atoms with Gasteiger partial charge >= 0.3 is 17.9 Å². The maximum absolute atomic E-state index is 13.1. The van der Waals surface area contributed by atoms with Crippen LogP contribution in [-0.2, 0) is 35.2 Å². The van der Waals surface area contributed by atoms with Crippen molar-refractivity contribution < 1.29 is 38.1 Å². The number of aliphatic imine (C=N–C) groups is 1. The molecule has 9 nitrogen and oxygen atoms in total. The Bertz CT molecular complexity index is 902. The van der Waals surface area contributed by atoms with Crippen molar-refractivity contribution in [2.75, 3.05) is 28.4 Å². The Balaban J connectivity index is 2.39. The number of benzene rings is 1. The number of esters is 3. The minimum Gasteiger partial charge on any atom is -0.497 e. The van der Waals surface area contributed by atoms with E-state index in [0.29, 0.717) is 22.8 Å². The Morgan fingerprint density at radius 3 is 2.20 bits per heavy atom. The van der Waals surface area contributed by atoms with Crippen LogP contribution in [0.25, 0.3) is 0 Å². The molecule has 30 heavy (non-hydrogen) atoms. The number of hydrogen-bond acceptors (Lipinski definition) is 9. The van der Waals surface area contributed by atoms with E-state index in [1.807, 2.05) is 0 Å². The molecule has 0 amide bonds. The molecule has 0 spiro atoms. The van der Waals surface area contributed by atoms with Gasteiger partial charge in [-0.3, -0.25) is 14.6 Å². The van der Waals surface area contributed by atoms with Gasteiger partial charge in [0.25, 0.3) is 0 Å². The molecular formula is C21H25NO8. The van der Waals surface area contributed by atoms with Crippen LogP contribution in [0.15, 0.2) is 34.5 Å². The van der Waals surface area contributed by atoms with Crippen molar-refractivity contribution >= 4 is 23.6 Å². The van der Waals surface area contributed by atoms with Crippen LogP contribution in [0.5, 0.6) is 11.5 Å². The fourth-order valence-electron chi connectivity index (χ4n) is 3.33. The summed E-state index contributed by atoms with van der Waals surface area (Å²) < 4.78 is 25.6. The first-order valence-electron chi connectivity index (χ1n) is 9.08. The minimum atomic E-state index is -1.25. The Kier molecular flexibility index (Phi) is 7.57. The molecule has 0 aliphatic carbocycles. The van der Waals surface area contributed by atoms with E-state index in [-0.39, 0.29) is 17.9 Å². The second-order valence-corrected chi connectivity index (χ2v) is 6.51. The van der Waals surface area contributed by atoms with Gasteiger partial charge in [-0.2, -0.15) is 0 Å². The van der Waals surface area contributed by atoms with E-state index in [1.165, 1.54) is 28.4 Å². The SMILES string of the molecule is COC(=O)C1=C(C)N=C(C)C(C(=O)OC)[C@@H]1C(=O)OCc1cc(OC)ccc1OC. The lowest BCUT2D eigenvalue weighted by atomic mass is 9.80. The zero-order chi connectivity index (χ0) is 22.4. The number of carbonyl (C=O) groups excluding carboxylic acids is 3. The second-order valence-electron chi connectivity index (χ2n) is 6.51. The summed E-state index contributed by atoms with van der Waals surface area (Å²) in [4.78, 5) is 42.1. The van der Waals surface area contributed by atoms with Gasteiger partial charge in [-0.25, -0.2) is 4.79 Å². The molecular weight excluding hydrogens is 394 g/mol. The average Bonchev–Trinajstić information content (AvgIpc) is 2.75. The number of nitrogens with zero attached hydrogens (tertiary/aromatic N) is 1. The van der Waals surface area contributed by atoms with E-state index >= 15 is 0 Å². The summed E-state index contributed by atoms with van der Waals surface area (Å²) >= 11 is 0. The van der Waals surface area contributed by atoms with Crippen molar-refractivity contribution in [3.05, 3.63) is 35.0 Å². The van der Waals surface area contributed by atoms with Crippen LogP contribution in [0.4, 0.5) is 0 Å². The summed E-state index contributed by atoms with van der Waals surface area (Å²) in [6.07, 6.45) is 0. The summed E-state index contributed by atoms with van der Waals surface area (Å²) in [7, 11) is 5.38. The normalized spacial score (nSPS) is 18.3. The lowest BCUT2D eigenvalue weighted by Gasteiger charge is -2.29. The number of rotatable bonds is 7. The summed E-state index contributed by atoms with van der Waals surface area (Å²) in [5, 5.41) is 0. The van der Waals surface area contributed by atoms with Crippen LogP contribution in [0, 0.1) is 11.8 Å². The predicted octanol–water partition coefficient (Wildman–Crippen LogP) is 2.07. The van der Waals surface area contributed by atoms with E-state index in [0.717, 1.165) is 0 Å². The van der Waals surface area contributed by atoms with E-state index in [2.05, 4.69) is 4.99 Å². The van der Waals surface area contributed by atoms with Crippen LogP contribution in [0.2, 0.25) is 0 Å². The van der Waals surface area contributed by atoms with Gasteiger partial charge in [0, 0.05) is 17.0 Å². The number of allylic oxidation sites excluding steroid dienone is 1. The maximum atomic E-state index is 13.1. The smallest absolute Gasteiger partial charge is 0.336 e. The molecule has 2 atom stereocenters. The minimum absolute atomic E-state index is 0.0406. The molecule has 1 aliphatic heterocycles. The first-order valence-corrected chi connectivity index (χ1v) is 9.08. The van der Waals surface area contributed by atoms with Crippen molar-refractivity contribution in [3.8, 4) is 11.5 Å². The van der Waals surface area contributed by atoms with E-state index in [1.54, 1.807) is 32.0 Å². The van der Waals surface area contributed by atoms with Crippen LogP contribution in [0.1, 0.15) is 19.4 Å². The predicted molar refractivity (Wildman–Crippen MR) is 106 cm³/mol. The van der Waals surface area contributed by atoms with Crippen LogP contribution in [-0.4, -0.2) is 52.1 Å². The number of methoxy groups -OCH3 is 4. The molecule has 1 aliphatic rings. The second kappa shape index (κ2) is 9.91. The highest BCUT2D eigenvalue weighted by molar-refractivity contribution is 6.10. The molecule has 0 saturated carbocycles. The Morgan fingerprint density at radius 1 is 0.933 bits per heavy atom. The summed E-state index contributed by atoms with van der Waals surface area (Å²) in [5.74, 6) is -3.56. The molecule has 2 rings (SSSR count). The molecule has 0 aromatic heterocycles. The van der Waals surface area contributed by atoms with Crippen LogP contribution in [0.3, 0.4) is 0 Å². The molecule has 162 valence electrons. The zero-order valence-electron chi connectivity index (χ0n) is 17.8. The summed E-state index contributed by atoms with van der Waals surface area (Å²) in [5.41, 5.74) is 1.13. The van der Waals surface area contributed by atoms with Gasteiger partial charge < -0.3 is 23.7 Å². The number of hydrogen-bond donors (Lipinski definition) is 0. The van der Waals surface area contributed by atoms with Crippen molar-refractivity contribution in [3.63, 3.8) is 0 Å². The standard InChI is InChI=1S/C21H25NO8/c1-11-16(19(23)28-5)18(17(12(2)22-11)20(24)29-6)21(25)30-10-13-9-14(26-3)7-8-15(13)27-4/h7-9,16,18H,10H2,1-6H3/t16?,18-/m0/s1. The molecule has 0 bridgehead atoms. The fraction of sp³-hybridized carbons (Fsp3) is 0.429. The summed E-state index contributed by atoms with van der Waals surface area (Å²) in [6, 6.07) is 5.06. The van der Waals surface area contributed by atoms with Gasteiger partial charge in [-0.1, -0.05) is 0 Å². The molecule has 0 radical (unpaired) electrons. The van der Waals surface area contributed by atoms with Crippen molar-refractivity contribution in [1.82, 2.24) is 0 Å². The van der Waals surface area contributed by atoms with Crippen molar-refractivity contribution in [2.45, 2.75) is 20.5 Å². The van der Waals surface area contributed by atoms with E-state index < -0.39 is 29.7 Å². The largest absolute Gasteiger partial charge is 0.497 e. The molecule has 0 fully saturated rings. The third-order valence-electron chi connectivity index (χ3n) is 4.80. The quantitative estimate of drug-likeness (QED) is 0.488.